The zero-order chi connectivity index (χ0) is 16.1. The van der Waals surface area contributed by atoms with E-state index in [4.69, 9.17) is 5.10 Å². The lowest BCUT2D eigenvalue weighted by atomic mass is 10.2. The van der Waals surface area contributed by atoms with E-state index in [1.165, 1.54) is 5.69 Å². The van der Waals surface area contributed by atoms with E-state index in [2.05, 4.69) is 34.7 Å². The molecule has 3 rings (SSSR count). The number of aromatic nitrogens is 2. The molecule has 0 aliphatic carbocycles. The summed E-state index contributed by atoms with van der Waals surface area (Å²) in [6, 6.07) is 2.20. The Balaban J connectivity index is 1.57. The fraction of sp³-hybridized carbons (Fsp3) is 0.667. The standard InChI is InChI=1S/C18H28N4O/c1-2-3-9-20-10-6-13-22-17(15-20)14-16(19-22)7-8-18(23)21-11-4-5-12-21/h2-3,14H,4-13,15H2,1H3. The molecular formula is C18H28N4O. The number of rotatable bonds is 5. The van der Waals surface area contributed by atoms with Crippen molar-refractivity contribution < 1.29 is 4.79 Å². The molecule has 1 aromatic rings. The van der Waals surface area contributed by atoms with Gasteiger partial charge in [0.25, 0.3) is 0 Å². The highest BCUT2D eigenvalue weighted by Crippen LogP contribution is 2.16. The molecule has 23 heavy (non-hydrogen) atoms. The predicted molar refractivity (Wildman–Crippen MR) is 91.1 cm³/mol. The topological polar surface area (TPSA) is 41.4 Å². The maximum Gasteiger partial charge on any atom is 0.222 e. The van der Waals surface area contributed by atoms with Gasteiger partial charge in [0, 0.05) is 52.1 Å². The summed E-state index contributed by atoms with van der Waals surface area (Å²) in [5.74, 6) is 0.292. The van der Waals surface area contributed by atoms with Gasteiger partial charge in [-0.1, -0.05) is 12.2 Å². The minimum Gasteiger partial charge on any atom is -0.343 e. The number of likely N-dealkylation sites (tertiary alicyclic amines) is 1. The normalized spacial score (nSPS) is 19.3. The Morgan fingerprint density at radius 2 is 2.04 bits per heavy atom. The van der Waals surface area contributed by atoms with Crippen molar-refractivity contribution in [2.24, 2.45) is 0 Å². The lowest BCUT2D eigenvalue weighted by Crippen LogP contribution is -2.27. The highest BCUT2D eigenvalue weighted by Gasteiger charge is 2.19. The first-order valence-electron chi connectivity index (χ1n) is 8.93. The molecule has 0 radical (unpaired) electrons. The van der Waals surface area contributed by atoms with Gasteiger partial charge in [-0.15, -0.1) is 0 Å². The molecule has 2 aliphatic rings. The molecule has 0 unspecified atom stereocenters. The van der Waals surface area contributed by atoms with E-state index < -0.39 is 0 Å². The van der Waals surface area contributed by atoms with Gasteiger partial charge in [0.2, 0.25) is 5.91 Å². The molecule has 2 aliphatic heterocycles. The van der Waals surface area contributed by atoms with Crippen LogP contribution in [-0.4, -0.2) is 51.7 Å². The number of fused-ring (bicyclic) bond motifs is 1. The van der Waals surface area contributed by atoms with E-state index in [0.717, 1.165) is 70.6 Å². The van der Waals surface area contributed by atoms with E-state index >= 15 is 0 Å². The van der Waals surface area contributed by atoms with Crippen LogP contribution < -0.4 is 0 Å². The van der Waals surface area contributed by atoms with Crippen molar-refractivity contribution in [3.05, 3.63) is 29.6 Å². The number of allylic oxidation sites excluding steroid dienone is 1. The van der Waals surface area contributed by atoms with Crippen LogP contribution in [0.25, 0.3) is 0 Å². The quantitative estimate of drug-likeness (QED) is 0.782. The first-order valence-corrected chi connectivity index (χ1v) is 8.93. The van der Waals surface area contributed by atoms with Gasteiger partial charge in [-0.05, 0) is 32.3 Å². The van der Waals surface area contributed by atoms with Gasteiger partial charge in [-0.3, -0.25) is 14.4 Å². The van der Waals surface area contributed by atoms with Gasteiger partial charge in [0.15, 0.2) is 0 Å². The maximum atomic E-state index is 12.2. The smallest absolute Gasteiger partial charge is 0.222 e. The number of carbonyl (C=O) groups is 1. The molecule has 3 heterocycles. The monoisotopic (exact) mass is 316 g/mol. The van der Waals surface area contributed by atoms with Crippen LogP contribution in [0.1, 0.15) is 44.0 Å². The van der Waals surface area contributed by atoms with Crippen molar-refractivity contribution >= 4 is 5.91 Å². The fourth-order valence-electron chi connectivity index (χ4n) is 3.48. The Morgan fingerprint density at radius 3 is 2.83 bits per heavy atom. The minimum atomic E-state index is 0.292. The van der Waals surface area contributed by atoms with Crippen LogP contribution in [0.15, 0.2) is 18.2 Å². The van der Waals surface area contributed by atoms with Gasteiger partial charge in [0.1, 0.15) is 0 Å². The van der Waals surface area contributed by atoms with Crippen LogP contribution in [0.4, 0.5) is 0 Å². The summed E-state index contributed by atoms with van der Waals surface area (Å²) in [7, 11) is 0. The van der Waals surface area contributed by atoms with E-state index in [1.807, 2.05) is 4.90 Å². The summed E-state index contributed by atoms with van der Waals surface area (Å²) in [5, 5.41) is 4.73. The van der Waals surface area contributed by atoms with E-state index in [0.29, 0.717) is 12.3 Å². The number of amides is 1. The van der Waals surface area contributed by atoms with Gasteiger partial charge >= 0.3 is 0 Å². The van der Waals surface area contributed by atoms with Crippen LogP contribution in [0.2, 0.25) is 0 Å². The second-order valence-electron chi connectivity index (χ2n) is 6.60. The van der Waals surface area contributed by atoms with Crippen LogP contribution in [0.5, 0.6) is 0 Å². The zero-order valence-electron chi connectivity index (χ0n) is 14.2. The Bertz CT molecular complexity index is 557. The van der Waals surface area contributed by atoms with Gasteiger partial charge in [-0.2, -0.15) is 5.10 Å². The molecule has 0 spiro atoms. The van der Waals surface area contributed by atoms with E-state index in [9.17, 15) is 4.79 Å². The van der Waals surface area contributed by atoms with Crippen LogP contribution in [-0.2, 0) is 24.3 Å². The molecule has 1 fully saturated rings. The Hall–Kier alpha value is -1.62. The third-order valence-corrected chi connectivity index (χ3v) is 4.80. The van der Waals surface area contributed by atoms with Gasteiger partial charge in [-0.25, -0.2) is 0 Å². The van der Waals surface area contributed by atoms with Crippen molar-refractivity contribution in [1.82, 2.24) is 19.6 Å². The second-order valence-corrected chi connectivity index (χ2v) is 6.60. The lowest BCUT2D eigenvalue weighted by Gasteiger charge is -2.16. The second kappa shape index (κ2) is 7.77. The van der Waals surface area contributed by atoms with Crippen molar-refractivity contribution in [2.45, 2.75) is 52.1 Å². The summed E-state index contributed by atoms with van der Waals surface area (Å²) in [5.41, 5.74) is 2.36. The van der Waals surface area contributed by atoms with Crippen molar-refractivity contribution in [3.8, 4) is 0 Å². The van der Waals surface area contributed by atoms with Crippen molar-refractivity contribution in [1.29, 1.82) is 0 Å². The van der Waals surface area contributed by atoms with Gasteiger partial charge in [0.05, 0.1) is 11.4 Å². The molecule has 1 saturated heterocycles. The first kappa shape index (κ1) is 16.2. The summed E-state index contributed by atoms with van der Waals surface area (Å²) in [6.07, 6.45) is 9.14. The third-order valence-electron chi connectivity index (χ3n) is 4.80. The van der Waals surface area contributed by atoms with Crippen molar-refractivity contribution in [3.63, 3.8) is 0 Å². The Kier molecular flexibility index (Phi) is 5.49. The first-order chi connectivity index (χ1) is 11.3. The third kappa shape index (κ3) is 4.22. The molecule has 1 aromatic heterocycles. The average molecular weight is 316 g/mol. The number of hydrogen-bond donors (Lipinski definition) is 0. The molecule has 0 atom stereocenters. The van der Waals surface area contributed by atoms with Crippen molar-refractivity contribution in [2.75, 3.05) is 26.2 Å². The molecular weight excluding hydrogens is 288 g/mol. The Labute approximate surface area is 138 Å². The average Bonchev–Trinajstić information content (AvgIpc) is 3.17. The Morgan fingerprint density at radius 1 is 1.22 bits per heavy atom. The van der Waals surface area contributed by atoms with Crippen LogP contribution in [0.3, 0.4) is 0 Å². The molecule has 0 aromatic carbocycles. The van der Waals surface area contributed by atoms with E-state index in [1.54, 1.807) is 0 Å². The van der Waals surface area contributed by atoms with Crippen LogP contribution >= 0.6 is 0 Å². The van der Waals surface area contributed by atoms with Crippen LogP contribution in [0, 0.1) is 0 Å². The highest BCUT2D eigenvalue weighted by molar-refractivity contribution is 5.76. The minimum absolute atomic E-state index is 0.292. The molecule has 1 amide bonds. The number of hydrogen-bond acceptors (Lipinski definition) is 3. The van der Waals surface area contributed by atoms with E-state index in [-0.39, 0.29) is 0 Å². The molecule has 0 N–H and O–H groups in total. The fourth-order valence-corrected chi connectivity index (χ4v) is 3.48. The SMILES string of the molecule is CC=CCN1CCCn2nc(CCC(=O)N3CCCC3)cc2C1. The number of aryl methyl sites for hydroxylation is 2. The molecule has 5 nitrogen and oxygen atoms in total. The zero-order valence-corrected chi connectivity index (χ0v) is 14.2. The highest BCUT2D eigenvalue weighted by atomic mass is 16.2. The summed E-state index contributed by atoms with van der Waals surface area (Å²) >= 11 is 0. The van der Waals surface area contributed by atoms with Gasteiger partial charge < -0.3 is 4.90 Å². The molecule has 5 heteroatoms. The summed E-state index contributed by atoms with van der Waals surface area (Å²) in [6.45, 7) is 8.02. The number of carbonyl (C=O) groups excluding carboxylic acids is 1. The molecule has 126 valence electrons. The summed E-state index contributed by atoms with van der Waals surface area (Å²) in [4.78, 5) is 16.6. The largest absolute Gasteiger partial charge is 0.343 e. The maximum absolute atomic E-state index is 12.2. The molecule has 0 bridgehead atoms. The lowest BCUT2D eigenvalue weighted by molar-refractivity contribution is -0.130. The molecule has 0 saturated carbocycles. The number of nitrogens with zero attached hydrogens (tertiary/aromatic N) is 4. The summed E-state index contributed by atoms with van der Waals surface area (Å²) < 4.78 is 2.14. The predicted octanol–water partition coefficient (Wildman–Crippen LogP) is 2.22.